The summed E-state index contributed by atoms with van der Waals surface area (Å²) in [5.41, 5.74) is 14.9. The van der Waals surface area contributed by atoms with Crippen LogP contribution in [0.2, 0.25) is 0 Å². The summed E-state index contributed by atoms with van der Waals surface area (Å²) in [6.07, 6.45) is 13.6. The number of hydrogen-bond donors (Lipinski definition) is 1. The normalized spacial score (nSPS) is 17.6. The summed E-state index contributed by atoms with van der Waals surface area (Å²) in [7, 11) is 0. The maximum absolute atomic E-state index is 6.56. The van der Waals surface area contributed by atoms with E-state index in [1.165, 1.54) is 41.1 Å². The first-order chi connectivity index (χ1) is 10.7. The average Bonchev–Trinajstić information content (AvgIpc) is 2.80. The molecular weight excluding hydrogens is 270 g/mol. The van der Waals surface area contributed by atoms with Gasteiger partial charge in [-0.05, 0) is 69.6 Å². The highest BCUT2D eigenvalue weighted by Crippen LogP contribution is 2.37. The maximum Gasteiger partial charge on any atom is 0.147 e. The summed E-state index contributed by atoms with van der Waals surface area (Å²) < 4.78 is 2.30. The molecule has 0 aromatic carbocycles. The van der Waals surface area contributed by atoms with Crippen LogP contribution in [0.5, 0.6) is 0 Å². The van der Waals surface area contributed by atoms with Crippen LogP contribution in [0.15, 0.2) is 18.2 Å². The highest BCUT2D eigenvalue weighted by molar-refractivity contribution is 5.97. The minimum atomic E-state index is 0.972. The molecule has 0 fully saturated rings. The fourth-order valence-corrected chi connectivity index (χ4v) is 3.88. The van der Waals surface area contributed by atoms with Crippen molar-refractivity contribution in [1.29, 1.82) is 0 Å². The summed E-state index contributed by atoms with van der Waals surface area (Å²) in [6.45, 7) is 4.35. The molecule has 0 bridgehead atoms. The third-order valence-electron chi connectivity index (χ3n) is 5.20. The van der Waals surface area contributed by atoms with Crippen LogP contribution >= 0.6 is 0 Å². The number of nitrogens with two attached hydrogens (primary N) is 1. The predicted molar refractivity (Wildman–Crippen MR) is 92.9 cm³/mol. The number of nitrogens with zero attached hydrogens (tertiary/aromatic N) is 2. The van der Waals surface area contributed by atoms with E-state index in [0.717, 1.165) is 42.4 Å². The zero-order valence-corrected chi connectivity index (χ0v) is 13.4. The molecule has 2 heterocycles. The number of rotatable bonds is 1. The van der Waals surface area contributed by atoms with Gasteiger partial charge in [0.05, 0.1) is 0 Å². The van der Waals surface area contributed by atoms with Crippen LogP contribution in [0.3, 0.4) is 0 Å². The van der Waals surface area contributed by atoms with Gasteiger partial charge < -0.3 is 5.73 Å². The van der Waals surface area contributed by atoms with Gasteiger partial charge in [0.15, 0.2) is 0 Å². The molecule has 22 heavy (non-hydrogen) atoms. The minimum Gasteiger partial charge on any atom is -0.398 e. The molecule has 0 atom stereocenters. The molecule has 0 radical (unpaired) electrons. The first-order valence-electron chi connectivity index (χ1n) is 8.34. The van der Waals surface area contributed by atoms with Crippen LogP contribution in [0.4, 0.5) is 5.69 Å². The van der Waals surface area contributed by atoms with Gasteiger partial charge in [-0.2, -0.15) is 0 Å². The lowest BCUT2D eigenvalue weighted by molar-refractivity contribution is 0.672. The van der Waals surface area contributed by atoms with E-state index in [2.05, 4.69) is 36.6 Å². The van der Waals surface area contributed by atoms with Gasteiger partial charge >= 0.3 is 0 Å². The second-order valence-corrected chi connectivity index (χ2v) is 6.51. The highest BCUT2D eigenvalue weighted by Gasteiger charge is 2.22. The van der Waals surface area contributed by atoms with Gasteiger partial charge in [-0.25, -0.2) is 4.98 Å². The Morgan fingerprint density at radius 1 is 1.14 bits per heavy atom. The van der Waals surface area contributed by atoms with Gasteiger partial charge in [0.1, 0.15) is 5.65 Å². The molecule has 0 saturated carbocycles. The molecule has 0 saturated heterocycles. The maximum atomic E-state index is 6.56. The first-order valence-corrected chi connectivity index (χ1v) is 8.34. The molecule has 2 aromatic rings. The van der Waals surface area contributed by atoms with E-state index in [1.807, 2.05) is 0 Å². The largest absolute Gasteiger partial charge is 0.398 e. The number of anilines is 1. The topological polar surface area (TPSA) is 43.8 Å². The molecule has 3 nitrogen and oxygen atoms in total. The van der Waals surface area contributed by atoms with Gasteiger partial charge in [-0.3, -0.25) is 4.57 Å². The fraction of sp³-hybridized carbons (Fsp3) is 0.421. The van der Waals surface area contributed by atoms with Crippen LogP contribution in [0.1, 0.15) is 48.2 Å². The number of aryl methyl sites for hydroxylation is 2. The molecule has 2 aromatic heterocycles. The lowest BCUT2D eigenvalue weighted by Crippen LogP contribution is -2.10. The van der Waals surface area contributed by atoms with E-state index < -0.39 is 0 Å². The second-order valence-electron chi connectivity index (χ2n) is 6.51. The molecule has 0 unspecified atom stereocenters. The zero-order valence-electron chi connectivity index (χ0n) is 13.4. The Morgan fingerprint density at radius 2 is 1.95 bits per heavy atom. The number of allylic oxidation sites excluding steroid dienone is 4. The van der Waals surface area contributed by atoms with Gasteiger partial charge in [0.2, 0.25) is 0 Å². The number of hydrogen-bond acceptors (Lipinski definition) is 2. The van der Waals surface area contributed by atoms with Crippen molar-refractivity contribution >= 4 is 22.4 Å². The molecule has 2 aliphatic rings. The van der Waals surface area contributed by atoms with Crippen molar-refractivity contribution in [3.63, 3.8) is 0 Å². The van der Waals surface area contributed by atoms with E-state index >= 15 is 0 Å². The van der Waals surface area contributed by atoms with Crippen LogP contribution in [0.25, 0.3) is 16.7 Å². The fourth-order valence-electron chi connectivity index (χ4n) is 3.88. The Labute approximate surface area is 131 Å². The van der Waals surface area contributed by atoms with Crippen molar-refractivity contribution in [3.05, 3.63) is 40.7 Å². The van der Waals surface area contributed by atoms with E-state index in [1.54, 1.807) is 0 Å². The number of nitrogen functional groups attached to an aromatic ring is 1. The summed E-state index contributed by atoms with van der Waals surface area (Å²) in [5, 5.41) is 1.16. The summed E-state index contributed by atoms with van der Waals surface area (Å²) in [5.74, 6) is 0. The lowest BCUT2D eigenvalue weighted by Gasteiger charge is -2.18. The summed E-state index contributed by atoms with van der Waals surface area (Å²) >= 11 is 0. The van der Waals surface area contributed by atoms with Crippen molar-refractivity contribution in [2.75, 3.05) is 5.73 Å². The predicted octanol–water partition coefficient (Wildman–Crippen LogP) is 4.31. The third kappa shape index (κ3) is 1.84. The average molecular weight is 293 g/mol. The first kappa shape index (κ1) is 13.6. The van der Waals surface area contributed by atoms with Crippen molar-refractivity contribution < 1.29 is 0 Å². The molecule has 0 amide bonds. The smallest absolute Gasteiger partial charge is 0.147 e. The van der Waals surface area contributed by atoms with Gasteiger partial charge in [0, 0.05) is 28.2 Å². The zero-order chi connectivity index (χ0) is 15.3. The Morgan fingerprint density at radius 3 is 2.73 bits per heavy atom. The summed E-state index contributed by atoms with van der Waals surface area (Å²) in [6, 6.07) is 0. The Bertz CT molecular complexity index is 821. The standard InChI is InChI=1S/C19H23N3/c1-12-13(2)22(14-8-4-3-5-9-14)19-17(12)18(20)15-10-6-7-11-16(15)21-19/h4,8-9H,3,5-7,10-11H2,1-2H3,(H2,20,21). The highest BCUT2D eigenvalue weighted by atomic mass is 15.1. The molecule has 0 aliphatic heterocycles. The number of fused-ring (bicyclic) bond motifs is 2. The Balaban J connectivity index is 2.06. The van der Waals surface area contributed by atoms with E-state index in [9.17, 15) is 0 Å². The van der Waals surface area contributed by atoms with Crippen molar-refractivity contribution in [2.45, 2.75) is 52.4 Å². The lowest BCUT2D eigenvalue weighted by atomic mass is 9.93. The SMILES string of the molecule is Cc1c(C)n(C2=CCCC=C2)c2nc3c(c(N)c12)CCCC3. The van der Waals surface area contributed by atoms with E-state index in [0.29, 0.717) is 0 Å². The third-order valence-corrected chi connectivity index (χ3v) is 5.20. The number of aromatic nitrogens is 2. The molecule has 2 N–H and O–H groups in total. The monoisotopic (exact) mass is 293 g/mol. The van der Waals surface area contributed by atoms with Crippen LogP contribution < -0.4 is 5.73 Å². The molecule has 2 aliphatic carbocycles. The van der Waals surface area contributed by atoms with Crippen molar-refractivity contribution in [1.82, 2.24) is 9.55 Å². The summed E-state index contributed by atoms with van der Waals surface area (Å²) in [4.78, 5) is 5.04. The van der Waals surface area contributed by atoms with Gasteiger partial charge in [-0.1, -0.05) is 12.2 Å². The van der Waals surface area contributed by atoms with E-state index in [4.69, 9.17) is 10.7 Å². The van der Waals surface area contributed by atoms with Gasteiger partial charge in [-0.15, -0.1) is 0 Å². The van der Waals surface area contributed by atoms with Crippen molar-refractivity contribution in [2.24, 2.45) is 0 Å². The quantitative estimate of drug-likeness (QED) is 0.851. The number of pyridine rings is 1. The van der Waals surface area contributed by atoms with Crippen LogP contribution in [-0.2, 0) is 12.8 Å². The van der Waals surface area contributed by atoms with E-state index in [-0.39, 0.29) is 0 Å². The molecule has 3 heteroatoms. The molecule has 4 rings (SSSR count). The molecule has 114 valence electrons. The van der Waals surface area contributed by atoms with Gasteiger partial charge in [0.25, 0.3) is 0 Å². The Kier molecular flexibility index (Phi) is 3.10. The second kappa shape index (κ2) is 5.01. The minimum absolute atomic E-state index is 0.972. The molecular formula is C19H23N3. The van der Waals surface area contributed by atoms with Crippen molar-refractivity contribution in [3.8, 4) is 0 Å². The van der Waals surface area contributed by atoms with Crippen LogP contribution in [0, 0.1) is 13.8 Å². The molecule has 0 spiro atoms. The van der Waals surface area contributed by atoms with Crippen LogP contribution in [-0.4, -0.2) is 9.55 Å². The Hall–Kier alpha value is -2.03.